The lowest BCUT2D eigenvalue weighted by atomic mass is 10.2. The lowest BCUT2D eigenvalue weighted by Gasteiger charge is -2.23. The van der Waals surface area contributed by atoms with Crippen molar-refractivity contribution in [3.05, 3.63) is 101 Å². The van der Waals surface area contributed by atoms with E-state index in [1.54, 1.807) is 29.2 Å². The van der Waals surface area contributed by atoms with Crippen molar-refractivity contribution in [1.82, 2.24) is 9.47 Å². The van der Waals surface area contributed by atoms with Crippen molar-refractivity contribution in [2.45, 2.75) is 20.0 Å². The summed E-state index contributed by atoms with van der Waals surface area (Å²) in [5.41, 5.74) is 3.54. The Morgan fingerprint density at radius 2 is 2.00 bits per heavy atom. The van der Waals surface area contributed by atoms with Crippen LogP contribution in [0.1, 0.15) is 16.8 Å². The van der Waals surface area contributed by atoms with Gasteiger partial charge in [-0.2, -0.15) is 0 Å². The zero-order valence-corrected chi connectivity index (χ0v) is 17.0. The Hall–Kier alpha value is -3.05. The van der Waals surface area contributed by atoms with Crippen molar-refractivity contribution in [2.24, 2.45) is 0 Å². The van der Waals surface area contributed by atoms with Crippen LogP contribution < -0.4 is 5.32 Å². The second-order valence-corrected chi connectivity index (χ2v) is 7.22. The van der Waals surface area contributed by atoms with Crippen LogP contribution in [0.25, 0.3) is 0 Å². The molecule has 1 heterocycles. The molecule has 150 valence electrons. The quantitative estimate of drug-likeness (QED) is 0.486. The third-order valence-corrected chi connectivity index (χ3v) is 5.01. The minimum Gasteiger partial charge on any atom is -0.345 e. The van der Waals surface area contributed by atoms with Gasteiger partial charge in [-0.15, -0.1) is 6.58 Å². The predicted octanol–water partition coefficient (Wildman–Crippen LogP) is 5.86. The second-order valence-electron chi connectivity index (χ2n) is 6.82. The molecule has 0 aliphatic heterocycles. The lowest BCUT2D eigenvalue weighted by Crippen LogP contribution is -2.35. The van der Waals surface area contributed by atoms with Gasteiger partial charge in [-0.05, 0) is 54.4 Å². The molecule has 2 amide bonds. The number of nitrogens with zero attached hydrogens (tertiary/aromatic N) is 2. The molecular formula is C23H23ClFN3O. The molecular weight excluding hydrogens is 389 g/mol. The maximum atomic E-state index is 13.1. The molecule has 0 saturated carbocycles. The Morgan fingerprint density at radius 3 is 2.69 bits per heavy atom. The minimum absolute atomic E-state index is 0.237. The van der Waals surface area contributed by atoms with Crippen LogP contribution >= 0.6 is 11.6 Å². The fraction of sp³-hybridized carbons (Fsp3) is 0.174. The molecule has 0 bridgehead atoms. The number of rotatable bonds is 7. The Bertz CT molecular complexity index is 998. The number of carbonyl (C=O) groups is 1. The smallest absolute Gasteiger partial charge is 0.322 e. The van der Waals surface area contributed by atoms with Crippen LogP contribution in [0.3, 0.4) is 0 Å². The van der Waals surface area contributed by atoms with Gasteiger partial charge in [0.15, 0.2) is 0 Å². The number of hydrogen-bond acceptors (Lipinski definition) is 1. The summed E-state index contributed by atoms with van der Waals surface area (Å²) in [6, 6.07) is 15.5. The zero-order chi connectivity index (χ0) is 20.8. The third-order valence-electron chi connectivity index (χ3n) is 4.60. The molecule has 0 aliphatic rings. The molecule has 3 rings (SSSR count). The van der Waals surface area contributed by atoms with Gasteiger partial charge in [0.1, 0.15) is 5.82 Å². The van der Waals surface area contributed by atoms with Crippen LogP contribution in [0.5, 0.6) is 0 Å². The van der Waals surface area contributed by atoms with Gasteiger partial charge < -0.3 is 14.8 Å². The second kappa shape index (κ2) is 9.43. The van der Waals surface area contributed by atoms with Gasteiger partial charge in [0.2, 0.25) is 0 Å². The molecule has 0 fully saturated rings. The first-order valence-corrected chi connectivity index (χ1v) is 9.65. The topological polar surface area (TPSA) is 37.3 Å². The zero-order valence-electron chi connectivity index (χ0n) is 16.2. The van der Waals surface area contributed by atoms with Crippen LogP contribution in [0.15, 0.2) is 73.4 Å². The van der Waals surface area contributed by atoms with Gasteiger partial charge in [0.25, 0.3) is 0 Å². The SMILES string of the molecule is C=CCN(Cc1cccn1Cc1ccc(F)cc1)C(=O)Nc1ccc(C)c(Cl)c1. The number of nitrogens with one attached hydrogen (secondary N) is 1. The summed E-state index contributed by atoms with van der Waals surface area (Å²) in [6.45, 7) is 7.07. The van der Waals surface area contributed by atoms with E-state index < -0.39 is 0 Å². The summed E-state index contributed by atoms with van der Waals surface area (Å²) in [5.74, 6) is -0.258. The molecule has 29 heavy (non-hydrogen) atoms. The summed E-state index contributed by atoms with van der Waals surface area (Å²) in [4.78, 5) is 14.5. The van der Waals surface area contributed by atoms with E-state index in [1.165, 1.54) is 12.1 Å². The number of aryl methyl sites for hydroxylation is 1. The summed E-state index contributed by atoms with van der Waals surface area (Å²) in [5, 5.41) is 3.49. The van der Waals surface area contributed by atoms with E-state index in [9.17, 15) is 9.18 Å². The molecule has 4 nitrogen and oxygen atoms in total. The standard InChI is InChI=1S/C23H23ClFN3O/c1-3-12-28(23(29)26-20-11-6-17(2)22(24)14-20)16-21-5-4-13-27(21)15-18-7-9-19(25)10-8-18/h3-11,13-14H,1,12,15-16H2,2H3,(H,26,29). The van der Waals surface area contributed by atoms with E-state index >= 15 is 0 Å². The van der Waals surface area contributed by atoms with E-state index in [2.05, 4.69) is 11.9 Å². The average Bonchev–Trinajstić information content (AvgIpc) is 3.13. The minimum atomic E-state index is -0.258. The molecule has 3 aromatic rings. The number of anilines is 1. The first-order chi connectivity index (χ1) is 14.0. The predicted molar refractivity (Wildman–Crippen MR) is 116 cm³/mol. The Labute approximate surface area is 175 Å². The number of halogens is 2. The Kier molecular flexibility index (Phi) is 6.73. The van der Waals surface area contributed by atoms with Crippen LogP contribution in [0.4, 0.5) is 14.9 Å². The molecule has 1 N–H and O–H groups in total. The number of amides is 2. The fourth-order valence-corrected chi connectivity index (χ4v) is 3.16. The highest BCUT2D eigenvalue weighted by atomic mass is 35.5. The molecule has 1 aromatic heterocycles. The van der Waals surface area contributed by atoms with E-state index in [1.807, 2.05) is 42.0 Å². The normalized spacial score (nSPS) is 10.6. The molecule has 0 aliphatic carbocycles. The van der Waals surface area contributed by atoms with Crippen molar-refractivity contribution in [2.75, 3.05) is 11.9 Å². The maximum absolute atomic E-state index is 13.1. The summed E-state index contributed by atoms with van der Waals surface area (Å²) >= 11 is 6.15. The Balaban J connectivity index is 1.72. The third kappa shape index (κ3) is 5.48. The Morgan fingerprint density at radius 1 is 1.24 bits per heavy atom. The molecule has 0 unspecified atom stereocenters. The van der Waals surface area contributed by atoms with Crippen LogP contribution in [0.2, 0.25) is 5.02 Å². The van der Waals surface area contributed by atoms with Crippen molar-refractivity contribution < 1.29 is 9.18 Å². The lowest BCUT2D eigenvalue weighted by molar-refractivity contribution is 0.214. The van der Waals surface area contributed by atoms with Gasteiger partial charge in [0.05, 0.1) is 6.54 Å². The molecule has 0 atom stereocenters. The summed E-state index contributed by atoms with van der Waals surface area (Å²) in [7, 11) is 0. The van der Waals surface area contributed by atoms with Crippen LogP contribution in [-0.2, 0) is 13.1 Å². The van der Waals surface area contributed by atoms with E-state index in [4.69, 9.17) is 11.6 Å². The van der Waals surface area contributed by atoms with Crippen molar-refractivity contribution in [1.29, 1.82) is 0 Å². The largest absolute Gasteiger partial charge is 0.345 e. The van der Waals surface area contributed by atoms with Crippen LogP contribution in [0, 0.1) is 12.7 Å². The number of benzene rings is 2. The highest BCUT2D eigenvalue weighted by molar-refractivity contribution is 6.31. The van der Waals surface area contributed by atoms with E-state index in [0.717, 1.165) is 16.8 Å². The fourth-order valence-electron chi connectivity index (χ4n) is 2.98. The molecule has 2 aromatic carbocycles. The molecule has 0 radical (unpaired) electrons. The van der Waals surface area contributed by atoms with Gasteiger partial charge in [-0.3, -0.25) is 0 Å². The van der Waals surface area contributed by atoms with Crippen molar-refractivity contribution in [3.8, 4) is 0 Å². The maximum Gasteiger partial charge on any atom is 0.322 e. The average molecular weight is 412 g/mol. The van der Waals surface area contributed by atoms with Gasteiger partial charge in [-0.25, -0.2) is 9.18 Å². The number of carbonyl (C=O) groups excluding carboxylic acids is 1. The highest BCUT2D eigenvalue weighted by Crippen LogP contribution is 2.20. The van der Waals surface area contributed by atoms with Gasteiger partial charge >= 0.3 is 6.03 Å². The molecule has 0 saturated heterocycles. The number of aromatic nitrogens is 1. The monoisotopic (exact) mass is 411 g/mol. The van der Waals surface area contributed by atoms with E-state index in [-0.39, 0.29) is 11.8 Å². The summed E-state index contributed by atoms with van der Waals surface area (Å²) < 4.78 is 15.2. The summed E-state index contributed by atoms with van der Waals surface area (Å²) in [6.07, 6.45) is 3.64. The first kappa shape index (κ1) is 20.7. The molecule has 0 spiro atoms. The highest BCUT2D eigenvalue weighted by Gasteiger charge is 2.15. The van der Waals surface area contributed by atoms with Gasteiger partial charge in [-0.1, -0.05) is 35.9 Å². The number of urea groups is 1. The van der Waals surface area contributed by atoms with Crippen molar-refractivity contribution >= 4 is 23.3 Å². The number of hydrogen-bond donors (Lipinski definition) is 1. The molecule has 6 heteroatoms. The van der Waals surface area contributed by atoms with E-state index in [0.29, 0.717) is 30.3 Å². The van der Waals surface area contributed by atoms with Gasteiger partial charge in [0, 0.05) is 35.7 Å². The van der Waals surface area contributed by atoms with Crippen molar-refractivity contribution in [3.63, 3.8) is 0 Å². The first-order valence-electron chi connectivity index (χ1n) is 9.27. The van der Waals surface area contributed by atoms with Crippen LogP contribution in [-0.4, -0.2) is 22.0 Å².